The lowest BCUT2D eigenvalue weighted by atomic mass is 9.82. The third-order valence-electron chi connectivity index (χ3n) is 2.85. The smallest absolute Gasteiger partial charge is 0.319 e. The van der Waals surface area contributed by atoms with Crippen molar-refractivity contribution in [2.24, 2.45) is 5.92 Å². The lowest BCUT2D eigenvalue weighted by Crippen LogP contribution is -2.43. The van der Waals surface area contributed by atoms with Crippen molar-refractivity contribution < 1.29 is 14.3 Å². The van der Waals surface area contributed by atoms with Gasteiger partial charge in [0, 0.05) is 4.88 Å². The molecule has 1 aliphatic rings. The molecule has 0 saturated carbocycles. The Hall–Kier alpha value is -1.78. The predicted molar refractivity (Wildman–Crippen MR) is 72.3 cm³/mol. The van der Waals surface area contributed by atoms with Crippen molar-refractivity contribution in [3.8, 4) is 6.07 Å². The van der Waals surface area contributed by atoms with E-state index in [4.69, 9.17) is 0 Å². The van der Waals surface area contributed by atoms with Gasteiger partial charge in [0.2, 0.25) is 5.91 Å². The molecule has 0 saturated heterocycles. The number of esters is 1. The molecule has 2 atom stereocenters. The molecule has 1 aliphatic heterocycles. The third kappa shape index (κ3) is 2.37. The van der Waals surface area contributed by atoms with E-state index in [2.05, 4.69) is 22.7 Å². The normalized spacial score (nSPS) is 22.7. The van der Waals surface area contributed by atoms with Crippen molar-refractivity contribution >= 4 is 35.8 Å². The lowest BCUT2D eigenvalue weighted by molar-refractivity contribution is -0.150. The summed E-state index contributed by atoms with van der Waals surface area (Å²) in [6, 6.07) is 5.59. The molecule has 0 fully saturated rings. The van der Waals surface area contributed by atoms with Crippen LogP contribution in [-0.2, 0) is 14.3 Å². The van der Waals surface area contributed by atoms with Crippen LogP contribution in [0.1, 0.15) is 10.8 Å². The predicted octanol–water partition coefficient (Wildman–Crippen LogP) is 1.42. The zero-order valence-electron chi connectivity index (χ0n) is 9.91. The van der Waals surface area contributed by atoms with E-state index in [0.717, 1.165) is 4.88 Å². The molecular weight excluding hydrogens is 284 g/mol. The van der Waals surface area contributed by atoms with E-state index >= 15 is 0 Å². The molecule has 1 aromatic heterocycles. The Morgan fingerprint density at radius 1 is 1.63 bits per heavy atom. The van der Waals surface area contributed by atoms with Crippen LogP contribution < -0.4 is 5.32 Å². The van der Waals surface area contributed by atoms with Crippen LogP contribution in [0.25, 0.3) is 0 Å². The molecule has 19 heavy (non-hydrogen) atoms. The van der Waals surface area contributed by atoms with Gasteiger partial charge in [-0.15, -0.1) is 24.0 Å². The van der Waals surface area contributed by atoms with Gasteiger partial charge in [-0.2, -0.15) is 5.26 Å². The maximum Gasteiger partial charge on any atom is 0.319 e. The average molecular weight is 294 g/mol. The number of thiol groups is 1. The number of methoxy groups -OCH3 is 1. The molecule has 7 heteroatoms. The average Bonchev–Trinajstić information content (AvgIpc) is 2.90. The van der Waals surface area contributed by atoms with Gasteiger partial charge in [0.25, 0.3) is 0 Å². The van der Waals surface area contributed by atoms with Crippen molar-refractivity contribution in [2.45, 2.75) is 5.92 Å². The Morgan fingerprint density at radius 2 is 2.37 bits per heavy atom. The van der Waals surface area contributed by atoms with E-state index < -0.39 is 23.7 Å². The molecule has 2 unspecified atom stereocenters. The molecule has 98 valence electrons. The second kappa shape index (κ2) is 5.47. The van der Waals surface area contributed by atoms with Crippen LogP contribution >= 0.6 is 24.0 Å². The second-order valence-electron chi connectivity index (χ2n) is 3.86. The number of allylic oxidation sites excluding steroid dienone is 1. The fraction of sp³-hybridized carbons (Fsp3) is 0.250. The van der Waals surface area contributed by atoms with Crippen LogP contribution in [-0.4, -0.2) is 19.0 Å². The van der Waals surface area contributed by atoms with Gasteiger partial charge < -0.3 is 10.1 Å². The lowest BCUT2D eigenvalue weighted by Gasteiger charge is -2.28. The second-order valence-corrected chi connectivity index (χ2v) is 5.28. The van der Waals surface area contributed by atoms with E-state index in [9.17, 15) is 14.9 Å². The van der Waals surface area contributed by atoms with Crippen molar-refractivity contribution in [3.63, 3.8) is 0 Å². The number of nitrogens with one attached hydrogen (secondary N) is 1. The minimum Gasteiger partial charge on any atom is -0.468 e. The van der Waals surface area contributed by atoms with Gasteiger partial charge >= 0.3 is 5.97 Å². The molecule has 5 nitrogen and oxygen atoms in total. The summed E-state index contributed by atoms with van der Waals surface area (Å²) >= 11 is 5.48. The monoisotopic (exact) mass is 294 g/mol. The molecule has 2 rings (SSSR count). The minimum absolute atomic E-state index is 0.186. The van der Waals surface area contributed by atoms with Gasteiger partial charge in [0.1, 0.15) is 5.92 Å². The highest BCUT2D eigenvalue weighted by Crippen LogP contribution is 2.39. The first-order valence-corrected chi connectivity index (χ1v) is 6.68. The van der Waals surface area contributed by atoms with Gasteiger partial charge in [-0.05, 0) is 11.4 Å². The molecule has 0 aliphatic carbocycles. The number of hydrogen-bond acceptors (Lipinski definition) is 6. The van der Waals surface area contributed by atoms with Crippen molar-refractivity contribution in [2.75, 3.05) is 7.11 Å². The number of ether oxygens (including phenoxy) is 1. The van der Waals surface area contributed by atoms with E-state index in [1.807, 2.05) is 11.4 Å². The molecule has 0 radical (unpaired) electrons. The summed E-state index contributed by atoms with van der Waals surface area (Å²) in [5.74, 6) is -2.87. The molecule has 2 heterocycles. The summed E-state index contributed by atoms with van der Waals surface area (Å²) in [6.07, 6.45) is 0. The standard InChI is InChI=1S/C12H10N2O3S2/c1-17-12(16)9-8(7-3-2-4-19-7)6(5-13)11(18)14-10(9)15/h2-4,8-9,18H,1H3,(H,14,15). The number of nitriles is 1. The fourth-order valence-electron chi connectivity index (χ4n) is 1.99. The number of amides is 1. The zero-order valence-corrected chi connectivity index (χ0v) is 11.6. The zero-order chi connectivity index (χ0) is 14.0. The molecule has 1 N–H and O–H groups in total. The van der Waals surface area contributed by atoms with E-state index in [-0.39, 0.29) is 10.6 Å². The fourth-order valence-corrected chi connectivity index (χ4v) is 3.17. The van der Waals surface area contributed by atoms with Gasteiger partial charge in [0.05, 0.1) is 29.7 Å². The first-order valence-electron chi connectivity index (χ1n) is 5.35. The van der Waals surface area contributed by atoms with Crippen LogP contribution in [0.15, 0.2) is 28.1 Å². The molecule has 0 bridgehead atoms. The number of nitrogens with zero attached hydrogens (tertiary/aromatic N) is 1. The molecule has 1 amide bonds. The van der Waals surface area contributed by atoms with Crippen molar-refractivity contribution in [3.05, 3.63) is 33.0 Å². The van der Waals surface area contributed by atoms with Gasteiger partial charge in [-0.1, -0.05) is 6.07 Å². The Labute approximate surface area is 119 Å². The highest BCUT2D eigenvalue weighted by Gasteiger charge is 2.44. The number of carbonyl (C=O) groups is 2. The number of rotatable bonds is 2. The van der Waals surface area contributed by atoms with E-state index in [1.54, 1.807) is 12.1 Å². The highest BCUT2D eigenvalue weighted by atomic mass is 32.1. The summed E-state index contributed by atoms with van der Waals surface area (Å²) in [4.78, 5) is 24.5. The number of carbonyl (C=O) groups excluding carboxylic acids is 2. The largest absolute Gasteiger partial charge is 0.468 e. The Balaban J connectivity index is 2.57. The van der Waals surface area contributed by atoms with Crippen LogP contribution in [0.2, 0.25) is 0 Å². The first kappa shape index (κ1) is 13.6. The van der Waals surface area contributed by atoms with Crippen LogP contribution in [0, 0.1) is 17.2 Å². The third-order valence-corrected chi connectivity index (χ3v) is 4.16. The number of thiophene rings is 1. The summed E-state index contributed by atoms with van der Waals surface area (Å²) in [6.45, 7) is 0. The maximum absolute atomic E-state index is 12.0. The molecular formula is C12H10N2O3S2. The van der Waals surface area contributed by atoms with Crippen LogP contribution in [0.4, 0.5) is 0 Å². The maximum atomic E-state index is 12.0. The molecule has 1 aromatic rings. The van der Waals surface area contributed by atoms with Crippen LogP contribution in [0.3, 0.4) is 0 Å². The van der Waals surface area contributed by atoms with Gasteiger partial charge in [-0.3, -0.25) is 9.59 Å². The quantitative estimate of drug-likeness (QED) is 0.491. The Bertz CT molecular complexity index is 587. The molecule has 0 spiro atoms. The SMILES string of the molecule is COC(=O)C1C(=O)NC(S)=C(C#N)C1c1cccs1. The van der Waals surface area contributed by atoms with E-state index in [0.29, 0.717) is 0 Å². The topological polar surface area (TPSA) is 79.2 Å². The van der Waals surface area contributed by atoms with Crippen LogP contribution in [0.5, 0.6) is 0 Å². The van der Waals surface area contributed by atoms with Gasteiger partial charge in [0.15, 0.2) is 0 Å². The van der Waals surface area contributed by atoms with Crippen molar-refractivity contribution in [1.82, 2.24) is 5.32 Å². The first-order chi connectivity index (χ1) is 9.10. The minimum atomic E-state index is -1.06. The summed E-state index contributed by atoms with van der Waals surface area (Å²) in [5, 5.41) is 13.7. The Kier molecular flexibility index (Phi) is 3.93. The van der Waals surface area contributed by atoms with Crippen molar-refractivity contribution in [1.29, 1.82) is 5.26 Å². The number of hydrogen-bond donors (Lipinski definition) is 2. The Morgan fingerprint density at radius 3 is 2.89 bits per heavy atom. The van der Waals surface area contributed by atoms with Gasteiger partial charge in [-0.25, -0.2) is 0 Å². The summed E-state index contributed by atoms with van der Waals surface area (Å²) in [5.41, 5.74) is 0.265. The summed E-state index contributed by atoms with van der Waals surface area (Å²) in [7, 11) is 1.22. The molecule has 0 aromatic carbocycles. The highest BCUT2D eigenvalue weighted by molar-refractivity contribution is 7.84. The summed E-state index contributed by atoms with van der Waals surface area (Å²) < 4.78 is 4.66. The van der Waals surface area contributed by atoms with E-state index in [1.165, 1.54) is 18.4 Å².